The van der Waals surface area contributed by atoms with Crippen LogP contribution in [-0.2, 0) is 6.61 Å². The second-order valence-corrected chi connectivity index (χ2v) is 5.29. The Kier molecular flexibility index (Phi) is 5.61. The van der Waals surface area contributed by atoms with Gasteiger partial charge in [-0.15, -0.1) is 0 Å². The Hall–Kier alpha value is -3.34. The number of nitrogens with zero attached hydrogens (tertiary/aromatic N) is 2. The Morgan fingerprint density at radius 1 is 1.00 bits per heavy atom. The molecule has 0 atom stereocenters. The third-order valence-corrected chi connectivity index (χ3v) is 3.51. The van der Waals surface area contributed by atoms with E-state index in [-0.39, 0.29) is 0 Å². The molecular formula is C20H19N3O2. The summed E-state index contributed by atoms with van der Waals surface area (Å²) in [5.41, 5.74) is 5.84. The van der Waals surface area contributed by atoms with Crippen LogP contribution >= 0.6 is 0 Å². The van der Waals surface area contributed by atoms with E-state index in [9.17, 15) is 0 Å². The van der Waals surface area contributed by atoms with Crippen molar-refractivity contribution in [2.24, 2.45) is 5.10 Å². The molecule has 126 valence electrons. The first-order chi connectivity index (χ1) is 12.3. The van der Waals surface area contributed by atoms with Crippen LogP contribution in [0.1, 0.15) is 11.1 Å². The molecule has 0 aliphatic carbocycles. The lowest BCUT2D eigenvalue weighted by Gasteiger charge is -2.11. The number of nitrogens with one attached hydrogen (secondary N) is 1. The molecule has 1 aromatic heterocycles. The normalized spacial score (nSPS) is 10.6. The Bertz CT molecular complexity index is 821. The number of methoxy groups -OCH3 is 1. The van der Waals surface area contributed by atoms with Crippen molar-refractivity contribution in [2.45, 2.75) is 6.61 Å². The van der Waals surface area contributed by atoms with Crippen molar-refractivity contribution in [3.05, 3.63) is 84.2 Å². The zero-order valence-electron chi connectivity index (χ0n) is 13.9. The van der Waals surface area contributed by atoms with Crippen molar-refractivity contribution in [2.75, 3.05) is 12.5 Å². The van der Waals surface area contributed by atoms with Gasteiger partial charge in [-0.05, 0) is 41.5 Å². The number of hydrogen-bond acceptors (Lipinski definition) is 5. The first kappa shape index (κ1) is 16.5. The van der Waals surface area contributed by atoms with E-state index in [1.54, 1.807) is 25.7 Å². The molecule has 3 rings (SSSR count). The van der Waals surface area contributed by atoms with Gasteiger partial charge < -0.3 is 9.47 Å². The van der Waals surface area contributed by atoms with E-state index in [0.29, 0.717) is 18.1 Å². The minimum absolute atomic E-state index is 0.494. The minimum atomic E-state index is 0.494. The van der Waals surface area contributed by atoms with Crippen molar-refractivity contribution >= 4 is 11.9 Å². The first-order valence-electron chi connectivity index (χ1n) is 7.89. The molecule has 3 aromatic rings. The summed E-state index contributed by atoms with van der Waals surface area (Å²) in [6.07, 6.45) is 5.14. The lowest BCUT2D eigenvalue weighted by atomic mass is 10.2. The molecule has 0 unspecified atom stereocenters. The predicted molar refractivity (Wildman–Crippen MR) is 99.2 cm³/mol. The zero-order chi connectivity index (χ0) is 17.3. The van der Waals surface area contributed by atoms with E-state index in [1.165, 1.54) is 0 Å². The van der Waals surface area contributed by atoms with Crippen LogP contribution in [0.5, 0.6) is 11.5 Å². The van der Waals surface area contributed by atoms with E-state index in [1.807, 2.05) is 60.7 Å². The van der Waals surface area contributed by atoms with Crippen LogP contribution in [-0.4, -0.2) is 18.3 Å². The van der Waals surface area contributed by atoms with Gasteiger partial charge in [-0.3, -0.25) is 10.4 Å². The van der Waals surface area contributed by atoms with Crippen LogP contribution in [0.2, 0.25) is 0 Å². The molecule has 0 radical (unpaired) electrons. The molecule has 0 saturated carbocycles. The summed E-state index contributed by atoms with van der Waals surface area (Å²) in [7, 11) is 1.63. The SMILES string of the molecule is COc1cc(/C=N/Nc2ccncc2)ccc1OCc1ccccc1. The third kappa shape index (κ3) is 4.81. The number of hydrazone groups is 1. The summed E-state index contributed by atoms with van der Waals surface area (Å²) in [5.74, 6) is 1.37. The highest BCUT2D eigenvalue weighted by Crippen LogP contribution is 2.28. The van der Waals surface area contributed by atoms with Gasteiger partial charge in [0.1, 0.15) is 6.61 Å². The molecule has 0 saturated heterocycles. The standard InChI is InChI=1S/C20H19N3O2/c1-24-20-13-17(14-22-23-18-9-11-21-12-10-18)7-8-19(20)25-15-16-5-3-2-4-6-16/h2-14H,15H2,1H3,(H,21,23)/b22-14+. The Balaban J connectivity index is 1.64. The number of aromatic nitrogens is 1. The number of hydrogen-bond donors (Lipinski definition) is 1. The molecule has 0 bridgehead atoms. The molecule has 0 amide bonds. The van der Waals surface area contributed by atoms with Crippen LogP contribution in [0.15, 0.2) is 78.2 Å². The second kappa shape index (κ2) is 8.49. The molecule has 5 nitrogen and oxygen atoms in total. The zero-order valence-corrected chi connectivity index (χ0v) is 13.9. The molecule has 0 aliphatic rings. The van der Waals surface area contributed by atoms with Crippen LogP contribution < -0.4 is 14.9 Å². The van der Waals surface area contributed by atoms with Crippen molar-refractivity contribution in [3.8, 4) is 11.5 Å². The number of pyridine rings is 1. The number of anilines is 1. The lowest BCUT2D eigenvalue weighted by Crippen LogP contribution is -1.98. The molecule has 25 heavy (non-hydrogen) atoms. The highest BCUT2D eigenvalue weighted by molar-refractivity contribution is 5.81. The third-order valence-electron chi connectivity index (χ3n) is 3.51. The summed E-state index contributed by atoms with van der Waals surface area (Å²) in [4.78, 5) is 3.96. The van der Waals surface area contributed by atoms with Crippen molar-refractivity contribution in [1.29, 1.82) is 0 Å². The van der Waals surface area contributed by atoms with Gasteiger partial charge in [0.15, 0.2) is 11.5 Å². The summed E-state index contributed by atoms with van der Waals surface area (Å²) in [6, 6.07) is 19.4. The maximum absolute atomic E-state index is 5.85. The van der Waals surface area contributed by atoms with Crippen LogP contribution in [0.4, 0.5) is 5.69 Å². The van der Waals surface area contributed by atoms with Gasteiger partial charge in [0.05, 0.1) is 19.0 Å². The first-order valence-corrected chi connectivity index (χ1v) is 7.89. The quantitative estimate of drug-likeness (QED) is 0.522. The summed E-state index contributed by atoms with van der Waals surface area (Å²) in [5, 5.41) is 4.21. The largest absolute Gasteiger partial charge is 0.493 e. The fourth-order valence-electron chi connectivity index (χ4n) is 2.23. The monoisotopic (exact) mass is 333 g/mol. The van der Waals surface area contributed by atoms with Crippen molar-refractivity contribution < 1.29 is 9.47 Å². The highest BCUT2D eigenvalue weighted by atomic mass is 16.5. The van der Waals surface area contributed by atoms with Gasteiger partial charge in [0.25, 0.3) is 0 Å². The van der Waals surface area contributed by atoms with Gasteiger partial charge in [-0.25, -0.2) is 0 Å². The number of benzene rings is 2. The summed E-state index contributed by atoms with van der Waals surface area (Å²) in [6.45, 7) is 0.494. The average molecular weight is 333 g/mol. The van der Waals surface area contributed by atoms with E-state index < -0.39 is 0 Å². The molecule has 0 aliphatic heterocycles. The average Bonchev–Trinajstić information content (AvgIpc) is 2.68. The lowest BCUT2D eigenvalue weighted by molar-refractivity contribution is 0.284. The van der Waals surface area contributed by atoms with Crippen LogP contribution in [0.25, 0.3) is 0 Å². The molecule has 1 heterocycles. The van der Waals surface area contributed by atoms with Gasteiger partial charge in [-0.2, -0.15) is 5.10 Å². The Morgan fingerprint density at radius 2 is 1.80 bits per heavy atom. The van der Waals surface area contributed by atoms with Gasteiger partial charge in [0, 0.05) is 12.4 Å². The maximum Gasteiger partial charge on any atom is 0.161 e. The summed E-state index contributed by atoms with van der Waals surface area (Å²) >= 11 is 0. The van der Waals surface area contributed by atoms with E-state index in [0.717, 1.165) is 16.8 Å². The molecule has 0 spiro atoms. The van der Waals surface area contributed by atoms with Crippen LogP contribution in [0.3, 0.4) is 0 Å². The molecular weight excluding hydrogens is 314 g/mol. The predicted octanol–water partition coefficient (Wildman–Crippen LogP) is 4.12. The fourth-order valence-corrected chi connectivity index (χ4v) is 2.23. The second-order valence-electron chi connectivity index (χ2n) is 5.29. The fraction of sp³-hybridized carbons (Fsp3) is 0.100. The van der Waals surface area contributed by atoms with Crippen molar-refractivity contribution in [3.63, 3.8) is 0 Å². The minimum Gasteiger partial charge on any atom is -0.493 e. The maximum atomic E-state index is 5.85. The van der Waals surface area contributed by atoms with E-state index in [2.05, 4.69) is 15.5 Å². The molecule has 5 heteroatoms. The molecule has 2 aromatic carbocycles. The summed E-state index contributed by atoms with van der Waals surface area (Å²) < 4.78 is 11.3. The number of rotatable bonds is 7. The number of ether oxygens (including phenoxy) is 2. The van der Waals surface area contributed by atoms with Gasteiger partial charge >= 0.3 is 0 Å². The molecule has 1 N–H and O–H groups in total. The highest BCUT2D eigenvalue weighted by Gasteiger charge is 2.05. The van der Waals surface area contributed by atoms with Crippen LogP contribution in [0, 0.1) is 0 Å². The topological polar surface area (TPSA) is 55.7 Å². The molecule has 0 fully saturated rings. The van der Waals surface area contributed by atoms with Gasteiger partial charge in [0.2, 0.25) is 0 Å². The Morgan fingerprint density at radius 3 is 2.56 bits per heavy atom. The smallest absolute Gasteiger partial charge is 0.161 e. The van der Waals surface area contributed by atoms with E-state index >= 15 is 0 Å². The van der Waals surface area contributed by atoms with Gasteiger partial charge in [-0.1, -0.05) is 30.3 Å². The Labute approximate surface area is 147 Å². The van der Waals surface area contributed by atoms with E-state index in [4.69, 9.17) is 9.47 Å². The van der Waals surface area contributed by atoms with Crippen molar-refractivity contribution in [1.82, 2.24) is 4.98 Å².